The first-order valence-electron chi connectivity index (χ1n) is 4.79. The van der Waals surface area contributed by atoms with Crippen molar-refractivity contribution in [2.45, 2.75) is 6.92 Å². The summed E-state index contributed by atoms with van der Waals surface area (Å²) in [6, 6.07) is 6.04. The number of rotatable bonds is 5. The fourth-order valence-corrected chi connectivity index (χ4v) is 1.14. The maximum Gasteiger partial charge on any atom is 0.335 e. The molecule has 0 heterocycles. The third-order valence-electron chi connectivity index (χ3n) is 1.97. The summed E-state index contributed by atoms with van der Waals surface area (Å²) in [6.07, 6.45) is 2.04. The molecule has 16 heavy (non-hydrogen) atoms. The molecule has 0 aliphatic heterocycles. The summed E-state index contributed by atoms with van der Waals surface area (Å²) < 4.78 is 5.01. The highest BCUT2D eigenvalue weighted by Gasteiger charge is 2.04. The Morgan fingerprint density at radius 1 is 1.31 bits per heavy atom. The van der Waals surface area contributed by atoms with Crippen LogP contribution in [0.3, 0.4) is 0 Å². The largest absolute Gasteiger partial charge is 0.501 e. The molecule has 0 atom stereocenters. The van der Waals surface area contributed by atoms with Gasteiger partial charge in [-0.3, -0.25) is 4.79 Å². The van der Waals surface area contributed by atoms with Gasteiger partial charge in [0.25, 0.3) is 0 Å². The fourth-order valence-electron chi connectivity index (χ4n) is 1.14. The zero-order chi connectivity index (χ0) is 12.0. The van der Waals surface area contributed by atoms with E-state index in [0.717, 1.165) is 0 Å². The Bertz CT molecular complexity index is 404. The van der Waals surface area contributed by atoms with Gasteiger partial charge in [0, 0.05) is 0 Å². The van der Waals surface area contributed by atoms with Crippen LogP contribution in [0.1, 0.15) is 22.8 Å². The van der Waals surface area contributed by atoms with Crippen LogP contribution in [0.4, 0.5) is 0 Å². The quantitative estimate of drug-likeness (QED) is 0.468. The number of ether oxygens (including phenoxy) is 1. The molecule has 1 rings (SSSR count). The molecular weight excluding hydrogens is 208 g/mol. The van der Waals surface area contributed by atoms with Gasteiger partial charge in [0.15, 0.2) is 6.29 Å². The Hall–Kier alpha value is -2.10. The molecule has 0 saturated heterocycles. The minimum atomic E-state index is -0.993. The molecule has 0 aliphatic carbocycles. The van der Waals surface area contributed by atoms with Crippen molar-refractivity contribution < 1.29 is 19.4 Å². The monoisotopic (exact) mass is 220 g/mol. The average Bonchev–Trinajstić information content (AvgIpc) is 2.30. The first-order chi connectivity index (χ1) is 7.69. The minimum Gasteiger partial charge on any atom is -0.501 e. The van der Waals surface area contributed by atoms with Crippen molar-refractivity contribution in [3.8, 4) is 0 Å². The van der Waals surface area contributed by atoms with E-state index in [1.54, 1.807) is 12.1 Å². The molecular formula is C12H12O4. The summed E-state index contributed by atoms with van der Waals surface area (Å²) in [4.78, 5) is 21.4. The summed E-state index contributed by atoms with van der Waals surface area (Å²) in [5.41, 5.74) is 1.21. The van der Waals surface area contributed by atoms with Crippen LogP contribution in [-0.2, 0) is 9.53 Å². The van der Waals surface area contributed by atoms with Crippen molar-refractivity contribution >= 4 is 17.8 Å². The Kier molecular flexibility index (Phi) is 4.27. The number of carbonyl (C=O) groups is 2. The average molecular weight is 220 g/mol. The fraction of sp³-hybridized carbons (Fsp3) is 0.167. The number of carboxylic acid groups (broad SMARTS) is 1. The number of allylic oxidation sites excluding steroid dienone is 1. The van der Waals surface area contributed by atoms with Crippen molar-refractivity contribution in [1.82, 2.24) is 0 Å². The van der Waals surface area contributed by atoms with E-state index in [9.17, 15) is 9.59 Å². The van der Waals surface area contributed by atoms with Crippen LogP contribution in [-0.4, -0.2) is 24.0 Å². The second kappa shape index (κ2) is 5.70. The van der Waals surface area contributed by atoms with E-state index >= 15 is 0 Å². The number of carbonyl (C=O) groups excluding carboxylic acids is 1. The molecule has 0 fully saturated rings. The van der Waals surface area contributed by atoms with Crippen LogP contribution in [0.5, 0.6) is 0 Å². The predicted octanol–water partition coefficient (Wildman–Crippen LogP) is 1.96. The minimum absolute atomic E-state index is 0.186. The zero-order valence-corrected chi connectivity index (χ0v) is 8.84. The molecule has 0 unspecified atom stereocenters. The van der Waals surface area contributed by atoms with Gasteiger partial charge in [-0.15, -0.1) is 0 Å². The maximum atomic E-state index is 10.8. The topological polar surface area (TPSA) is 63.6 Å². The van der Waals surface area contributed by atoms with Gasteiger partial charge >= 0.3 is 5.97 Å². The standard InChI is InChI=1S/C12H12O4/c1-2-16-8-11(7-13)9-3-5-10(6-4-9)12(14)15/h3-8H,2H2,1H3,(H,14,15)/b11-8-. The molecule has 0 radical (unpaired) electrons. The number of carboxylic acids is 1. The third-order valence-corrected chi connectivity index (χ3v) is 1.97. The highest BCUT2D eigenvalue weighted by molar-refractivity contribution is 6.06. The van der Waals surface area contributed by atoms with E-state index in [0.29, 0.717) is 24.0 Å². The van der Waals surface area contributed by atoms with Gasteiger partial charge in [-0.05, 0) is 24.6 Å². The lowest BCUT2D eigenvalue weighted by molar-refractivity contribution is -0.103. The van der Waals surface area contributed by atoms with Gasteiger partial charge < -0.3 is 9.84 Å². The maximum absolute atomic E-state index is 10.8. The number of benzene rings is 1. The van der Waals surface area contributed by atoms with E-state index in [1.807, 2.05) is 6.92 Å². The molecule has 1 aromatic carbocycles. The number of hydrogen-bond acceptors (Lipinski definition) is 3. The summed E-state index contributed by atoms with van der Waals surface area (Å²) in [5.74, 6) is -0.993. The highest BCUT2D eigenvalue weighted by Crippen LogP contribution is 2.13. The third kappa shape index (κ3) is 2.95. The van der Waals surface area contributed by atoms with Gasteiger partial charge in [-0.1, -0.05) is 12.1 Å². The molecule has 4 heteroatoms. The molecule has 0 bridgehead atoms. The van der Waals surface area contributed by atoms with Crippen molar-refractivity contribution in [1.29, 1.82) is 0 Å². The van der Waals surface area contributed by atoms with Gasteiger partial charge in [0.05, 0.1) is 24.0 Å². The van der Waals surface area contributed by atoms with Crippen molar-refractivity contribution in [3.63, 3.8) is 0 Å². The lowest BCUT2D eigenvalue weighted by Crippen LogP contribution is -1.96. The SMILES string of the molecule is CCO/C=C(/C=O)c1ccc(C(=O)O)cc1. The van der Waals surface area contributed by atoms with E-state index in [-0.39, 0.29) is 5.56 Å². The number of aldehydes is 1. The first-order valence-corrected chi connectivity index (χ1v) is 4.79. The molecule has 0 saturated carbocycles. The van der Waals surface area contributed by atoms with Gasteiger partial charge in [0.1, 0.15) is 0 Å². The normalized spacial score (nSPS) is 10.9. The van der Waals surface area contributed by atoms with Crippen molar-refractivity contribution in [3.05, 3.63) is 41.7 Å². The van der Waals surface area contributed by atoms with Crippen molar-refractivity contribution in [2.75, 3.05) is 6.61 Å². The summed E-state index contributed by atoms with van der Waals surface area (Å²) >= 11 is 0. The van der Waals surface area contributed by atoms with Crippen LogP contribution in [0, 0.1) is 0 Å². The van der Waals surface area contributed by atoms with Crippen molar-refractivity contribution in [2.24, 2.45) is 0 Å². The summed E-state index contributed by atoms with van der Waals surface area (Å²) in [7, 11) is 0. The molecule has 84 valence electrons. The van der Waals surface area contributed by atoms with E-state index in [1.165, 1.54) is 18.4 Å². The summed E-state index contributed by atoms with van der Waals surface area (Å²) in [6.45, 7) is 2.29. The molecule has 0 spiro atoms. The Morgan fingerprint density at radius 2 is 1.88 bits per heavy atom. The predicted molar refractivity (Wildman–Crippen MR) is 59.1 cm³/mol. The van der Waals surface area contributed by atoms with Gasteiger partial charge in [0.2, 0.25) is 0 Å². The second-order valence-corrected chi connectivity index (χ2v) is 3.03. The molecule has 0 aromatic heterocycles. The van der Waals surface area contributed by atoms with Crippen LogP contribution in [0.2, 0.25) is 0 Å². The van der Waals surface area contributed by atoms with Gasteiger partial charge in [-0.25, -0.2) is 4.79 Å². The lowest BCUT2D eigenvalue weighted by atomic mass is 10.1. The second-order valence-electron chi connectivity index (χ2n) is 3.03. The van der Waals surface area contributed by atoms with E-state index < -0.39 is 5.97 Å². The smallest absolute Gasteiger partial charge is 0.335 e. The van der Waals surface area contributed by atoms with E-state index in [4.69, 9.17) is 9.84 Å². The molecule has 0 amide bonds. The number of aromatic carboxylic acids is 1. The number of hydrogen-bond donors (Lipinski definition) is 1. The Morgan fingerprint density at radius 3 is 2.31 bits per heavy atom. The van der Waals surface area contributed by atoms with Crippen LogP contribution in [0.15, 0.2) is 30.5 Å². The molecule has 1 N–H and O–H groups in total. The van der Waals surface area contributed by atoms with Crippen LogP contribution >= 0.6 is 0 Å². The zero-order valence-electron chi connectivity index (χ0n) is 8.84. The Balaban J connectivity index is 2.95. The lowest BCUT2D eigenvalue weighted by Gasteiger charge is -2.01. The van der Waals surface area contributed by atoms with Gasteiger partial charge in [-0.2, -0.15) is 0 Å². The Labute approximate surface area is 93.2 Å². The molecule has 4 nitrogen and oxygen atoms in total. The van der Waals surface area contributed by atoms with Crippen LogP contribution in [0.25, 0.3) is 5.57 Å². The summed E-state index contributed by atoms with van der Waals surface area (Å²) in [5, 5.41) is 8.70. The van der Waals surface area contributed by atoms with E-state index in [2.05, 4.69) is 0 Å². The molecule has 0 aliphatic rings. The van der Waals surface area contributed by atoms with Crippen LogP contribution < -0.4 is 0 Å². The highest BCUT2D eigenvalue weighted by atomic mass is 16.5. The molecule has 1 aromatic rings. The first kappa shape index (κ1) is 12.0.